The topological polar surface area (TPSA) is 101 Å². The number of hydrogen-bond donors (Lipinski definition) is 1. The van der Waals surface area contributed by atoms with Crippen LogP contribution >= 0.6 is 0 Å². The number of fused-ring (bicyclic) bond motifs is 1. The maximum absolute atomic E-state index is 12.8. The van der Waals surface area contributed by atoms with E-state index in [9.17, 15) is 4.55 Å². The molecule has 0 saturated carbocycles. The van der Waals surface area contributed by atoms with Crippen molar-refractivity contribution in [3.05, 3.63) is 66.4 Å². The molecule has 0 aliphatic heterocycles. The van der Waals surface area contributed by atoms with Crippen LogP contribution in [0.3, 0.4) is 0 Å². The van der Waals surface area contributed by atoms with Crippen molar-refractivity contribution in [1.82, 2.24) is 29.5 Å². The largest absolute Gasteiger partial charge is 0.598 e. The number of nitrogens with zero attached hydrogens (tertiary/aromatic N) is 5. The minimum Gasteiger partial charge on any atom is -0.598 e. The summed E-state index contributed by atoms with van der Waals surface area (Å²) in [6.07, 6.45) is 5.34. The number of pyridine rings is 1. The normalized spacial score (nSPS) is 14.4. The molecule has 1 aromatic carbocycles. The Hall–Kier alpha value is -2.63. The first-order chi connectivity index (χ1) is 19.2. The highest BCUT2D eigenvalue weighted by Gasteiger charge is 2.37. The number of nitrogens with one attached hydrogen (secondary N) is 1. The summed E-state index contributed by atoms with van der Waals surface area (Å²) >= 11 is -1.23. The van der Waals surface area contributed by atoms with E-state index in [0.717, 1.165) is 46.5 Å². The van der Waals surface area contributed by atoms with E-state index in [-0.39, 0.29) is 15.8 Å². The van der Waals surface area contributed by atoms with Gasteiger partial charge in [-0.05, 0) is 69.6 Å². The fourth-order valence-electron chi connectivity index (χ4n) is 4.03. The minimum absolute atomic E-state index is 0.135. The fourth-order valence-corrected chi connectivity index (χ4v) is 5.81. The summed E-state index contributed by atoms with van der Waals surface area (Å²) in [5.41, 5.74) is 3.58. The molecule has 4 rings (SSSR count). The molecule has 8 nitrogen and oxygen atoms in total. The van der Waals surface area contributed by atoms with E-state index < -0.39 is 19.7 Å². The lowest BCUT2D eigenvalue weighted by Crippen LogP contribution is -2.41. The molecule has 41 heavy (non-hydrogen) atoms. The van der Waals surface area contributed by atoms with Crippen molar-refractivity contribution in [1.29, 1.82) is 0 Å². The Kier molecular flexibility index (Phi) is 9.40. The van der Waals surface area contributed by atoms with Gasteiger partial charge in [0, 0.05) is 28.5 Å². The molecule has 0 bridgehead atoms. The van der Waals surface area contributed by atoms with Crippen molar-refractivity contribution in [2.45, 2.75) is 96.8 Å². The first-order valence-electron chi connectivity index (χ1n) is 14.3. The van der Waals surface area contributed by atoms with Crippen molar-refractivity contribution >= 4 is 30.6 Å². The predicted octanol–water partition coefficient (Wildman–Crippen LogP) is 7.29. The average Bonchev–Trinajstić information content (AvgIpc) is 3.34. The van der Waals surface area contributed by atoms with Gasteiger partial charge in [-0.1, -0.05) is 52.3 Å². The predicted molar refractivity (Wildman–Crippen MR) is 171 cm³/mol. The van der Waals surface area contributed by atoms with Crippen LogP contribution in [0.5, 0.6) is 0 Å². The monoisotopic (exact) mass is 592 g/mol. The lowest BCUT2D eigenvalue weighted by molar-refractivity contribution is 0.272. The molecule has 3 heterocycles. The summed E-state index contributed by atoms with van der Waals surface area (Å²) < 4.78 is 24.0. The van der Waals surface area contributed by atoms with Gasteiger partial charge >= 0.3 is 0 Å². The smallest absolute Gasteiger partial charge is 0.192 e. The molecule has 220 valence electrons. The van der Waals surface area contributed by atoms with Gasteiger partial charge < -0.3 is 8.98 Å². The Bertz CT molecular complexity index is 1480. The first-order valence-corrected chi connectivity index (χ1v) is 18.3. The van der Waals surface area contributed by atoms with Gasteiger partial charge in [0.05, 0.1) is 29.7 Å². The molecule has 0 amide bonds. The van der Waals surface area contributed by atoms with E-state index in [1.807, 2.05) is 62.0 Å². The zero-order valence-corrected chi connectivity index (χ0v) is 27.7. The Morgan fingerprint density at radius 3 is 2.49 bits per heavy atom. The second kappa shape index (κ2) is 12.3. The summed E-state index contributed by atoms with van der Waals surface area (Å²) in [7, 11) is -1.89. The Morgan fingerprint density at radius 1 is 1.05 bits per heavy atom. The van der Waals surface area contributed by atoms with Gasteiger partial charge in [0.15, 0.2) is 14.1 Å². The summed E-state index contributed by atoms with van der Waals surface area (Å²) in [6.45, 7) is 19.7. The Morgan fingerprint density at radius 2 is 1.80 bits per heavy atom. The first kappa shape index (κ1) is 31.3. The van der Waals surface area contributed by atoms with Crippen LogP contribution in [0.25, 0.3) is 28.0 Å². The van der Waals surface area contributed by atoms with Crippen LogP contribution in [0, 0.1) is 0 Å². The van der Waals surface area contributed by atoms with Gasteiger partial charge in [0.25, 0.3) is 0 Å². The quantitative estimate of drug-likeness (QED) is 0.152. The van der Waals surface area contributed by atoms with Gasteiger partial charge in [-0.3, -0.25) is 0 Å². The van der Waals surface area contributed by atoms with E-state index in [4.69, 9.17) is 14.4 Å². The van der Waals surface area contributed by atoms with E-state index in [1.54, 1.807) is 6.20 Å². The molecule has 0 fully saturated rings. The van der Waals surface area contributed by atoms with Crippen molar-refractivity contribution in [3.63, 3.8) is 0 Å². The molecule has 3 aromatic heterocycles. The number of rotatable bonds is 10. The van der Waals surface area contributed by atoms with Gasteiger partial charge in [-0.2, -0.15) is 5.10 Å². The molecule has 0 aliphatic rings. The summed E-state index contributed by atoms with van der Waals surface area (Å²) in [5.74, 6) is 1.39. The molecule has 4 aromatic rings. The fraction of sp³-hybridized carbons (Fsp3) is 0.484. The average molecular weight is 593 g/mol. The molecule has 0 aliphatic carbocycles. The van der Waals surface area contributed by atoms with Crippen LogP contribution in [0.2, 0.25) is 18.1 Å². The van der Waals surface area contributed by atoms with Crippen molar-refractivity contribution in [2.24, 2.45) is 0 Å². The lowest BCUT2D eigenvalue weighted by atomic mass is 10.1. The van der Waals surface area contributed by atoms with E-state index in [0.29, 0.717) is 12.4 Å². The maximum atomic E-state index is 12.8. The van der Waals surface area contributed by atoms with E-state index >= 15 is 0 Å². The molecule has 0 radical (unpaired) electrons. The SMILES string of the molecule is CCC[C@H](N[S+]([O-])C(C)(C)C)c1nccc(-c2ccc3cnn(-c4cccc(CO[Si](C)(C)C(C)(C)C)n4)c3c2)n1. The number of aromatic nitrogens is 5. The second-order valence-electron chi connectivity index (χ2n) is 13.0. The van der Waals surface area contributed by atoms with Gasteiger partial charge in [-0.15, -0.1) is 4.72 Å². The summed E-state index contributed by atoms with van der Waals surface area (Å²) in [6, 6.07) is 13.9. The number of benzene rings is 1. The van der Waals surface area contributed by atoms with Gasteiger partial charge in [-0.25, -0.2) is 19.6 Å². The Balaban J connectivity index is 1.63. The van der Waals surface area contributed by atoms with E-state index in [1.165, 1.54) is 0 Å². The number of hydrogen-bond acceptors (Lipinski definition) is 7. The summed E-state index contributed by atoms with van der Waals surface area (Å²) in [4.78, 5) is 14.3. The Labute approximate surface area is 248 Å². The summed E-state index contributed by atoms with van der Waals surface area (Å²) in [5, 5.41) is 5.81. The highest BCUT2D eigenvalue weighted by atomic mass is 32.2. The van der Waals surface area contributed by atoms with Gasteiger partial charge in [0.1, 0.15) is 16.6 Å². The highest BCUT2D eigenvalue weighted by Crippen LogP contribution is 2.37. The van der Waals surface area contributed by atoms with Crippen molar-refractivity contribution in [3.8, 4) is 17.1 Å². The molecule has 0 spiro atoms. The molecule has 0 saturated heterocycles. The van der Waals surface area contributed by atoms with Gasteiger partial charge in [0.2, 0.25) is 0 Å². The lowest BCUT2D eigenvalue weighted by Gasteiger charge is -2.36. The van der Waals surface area contributed by atoms with Crippen LogP contribution in [0.15, 0.2) is 54.9 Å². The second-order valence-corrected chi connectivity index (χ2v) is 19.8. The van der Waals surface area contributed by atoms with Crippen molar-refractivity contribution in [2.75, 3.05) is 0 Å². The molecular formula is C31H44N6O2SSi. The van der Waals surface area contributed by atoms with Crippen LogP contribution < -0.4 is 4.72 Å². The third-order valence-corrected chi connectivity index (χ3v) is 13.7. The molecular weight excluding hydrogens is 549 g/mol. The third-order valence-electron chi connectivity index (χ3n) is 7.63. The standard InChI is InChI=1S/C31H44N6O2SSi/c1-10-12-26(36-40(38)30(2,3)4)29-32-18-17-25(35-29)22-15-16-23-20-33-37(27(23)19-22)28-14-11-13-24(34-28)21-39-41(8,9)31(5,6)7/h11,13-20,26,36H,10,12,21H2,1-9H3/t26-,40?/m0/s1. The zero-order chi connectivity index (χ0) is 30.0. The van der Waals surface area contributed by atoms with Crippen LogP contribution in [0.4, 0.5) is 0 Å². The molecule has 2 atom stereocenters. The third kappa shape index (κ3) is 7.42. The van der Waals surface area contributed by atoms with E-state index in [2.05, 4.69) is 67.7 Å². The molecule has 1 N–H and O–H groups in total. The molecule has 10 heteroatoms. The molecule has 1 unspecified atom stereocenters. The van der Waals surface area contributed by atoms with Crippen molar-refractivity contribution < 1.29 is 8.98 Å². The van der Waals surface area contributed by atoms with Crippen LogP contribution in [-0.4, -0.2) is 42.3 Å². The highest BCUT2D eigenvalue weighted by molar-refractivity contribution is 7.90. The van der Waals surface area contributed by atoms with Crippen LogP contribution in [0.1, 0.15) is 78.9 Å². The minimum atomic E-state index is -1.89. The zero-order valence-electron chi connectivity index (χ0n) is 25.9. The maximum Gasteiger partial charge on any atom is 0.192 e. The van der Waals surface area contributed by atoms with Crippen LogP contribution in [-0.2, 0) is 22.4 Å².